The van der Waals surface area contributed by atoms with Gasteiger partial charge in [-0.1, -0.05) is 0 Å². The number of aryl methyl sites for hydroxylation is 2. The molecule has 0 spiro atoms. The molecule has 1 amide bonds. The lowest BCUT2D eigenvalue weighted by atomic mass is 10.3. The molecule has 0 bridgehead atoms. The number of aromatic nitrogens is 2. The smallest absolute Gasteiger partial charge is 0.271 e. The van der Waals surface area contributed by atoms with Crippen LogP contribution in [-0.2, 0) is 7.05 Å². The quantitative estimate of drug-likeness (QED) is 0.608. The average molecular weight is 167 g/mol. The predicted octanol–water partition coefficient (Wildman–Crippen LogP) is 0.430. The summed E-state index contributed by atoms with van der Waals surface area (Å²) < 4.78 is 1.73. The highest BCUT2D eigenvalue weighted by Gasteiger charge is 2.15. The van der Waals surface area contributed by atoms with Crippen LogP contribution >= 0.6 is 0 Å². The minimum absolute atomic E-state index is 0.00694. The van der Waals surface area contributed by atoms with E-state index >= 15 is 0 Å². The van der Waals surface area contributed by atoms with Crippen LogP contribution in [0.3, 0.4) is 0 Å². The molecule has 0 radical (unpaired) electrons. The third-order valence-corrected chi connectivity index (χ3v) is 1.73. The first-order valence-corrected chi connectivity index (χ1v) is 3.73. The zero-order chi connectivity index (χ0) is 9.30. The van der Waals surface area contributed by atoms with Crippen molar-refractivity contribution < 1.29 is 4.79 Å². The first-order valence-electron chi connectivity index (χ1n) is 3.73. The highest BCUT2D eigenvalue weighted by atomic mass is 16.2. The number of nitrogens with zero attached hydrogens (tertiary/aromatic N) is 3. The van der Waals surface area contributed by atoms with Crippen molar-refractivity contribution >= 4 is 5.91 Å². The van der Waals surface area contributed by atoms with Crippen LogP contribution in [0.15, 0.2) is 6.33 Å². The van der Waals surface area contributed by atoms with Crippen LogP contribution in [0.2, 0.25) is 0 Å². The van der Waals surface area contributed by atoms with Gasteiger partial charge in [-0.15, -0.1) is 0 Å². The van der Waals surface area contributed by atoms with Crippen molar-refractivity contribution in [3.05, 3.63) is 17.7 Å². The second kappa shape index (κ2) is 2.97. The minimum Gasteiger partial charge on any atom is -0.343 e. The van der Waals surface area contributed by atoms with Gasteiger partial charge in [0.2, 0.25) is 0 Å². The van der Waals surface area contributed by atoms with Crippen molar-refractivity contribution in [2.24, 2.45) is 7.05 Å². The Bertz CT molecular complexity index is 282. The van der Waals surface area contributed by atoms with E-state index in [0.717, 1.165) is 5.69 Å². The molecule has 0 fully saturated rings. The molecule has 0 aliphatic carbocycles. The molecule has 12 heavy (non-hydrogen) atoms. The van der Waals surface area contributed by atoms with Crippen LogP contribution in [0.5, 0.6) is 0 Å². The van der Waals surface area contributed by atoms with Crippen LogP contribution < -0.4 is 0 Å². The number of rotatable bonds is 1. The highest BCUT2D eigenvalue weighted by Crippen LogP contribution is 2.06. The normalized spacial score (nSPS) is 10.0. The van der Waals surface area contributed by atoms with Gasteiger partial charge in [-0.3, -0.25) is 4.79 Å². The molecule has 0 saturated carbocycles. The van der Waals surface area contributed by atoms with E-state index < -0.39 is 0 Å². The van der Waals surface area contributed by atoms with E-state index in [-0.39, 0.29) is 5.91 Å². The van der Waals surface area contributed by atoms with E-state index in [1.165, 1.54) is 0 Å². The molecule has 0 N–H and O–H groups in total. The summed E-state index contributed by atoms with van der Waals surface area (Å²) in [5, 5.41) is 0. The summed E-state index contributed by atoms with van der Waals surface area (Å²) in [6, 6.07) is 0. The maximum atomic E-state index is 11.5. The molecule has 4 nitrogen and oxygen atoms in total. The third-order valence-electron chi connectivity index (χ3n) is 1.73. The molecule has 0 unspecified atom stereocenters. The number of amides is 1. The van der Waals surface area contributed by atoms with Gasteiger partial charge in [0, 0.05) is 21.1 Å². The van der Waals surface area contributed by atoms with Gasteiger partial charge in [0.25, 0.3) is 5.91 Å². The Labute approximate surface area is 71.8 Å². The maximum absolute atomic E-state index is 11.5. The fourth-order valence-corrected chi connectivity index (χ4v) is 1.06. The van der Waals surface area contributed by atoms with Crippen molar-refractivity contribution in [3.63, 3.8) is 0 Å². The van der Waals surface area contributed by atoms with Crippen LogP contribution in [0.4, 0.5) is 0 Å². The molecule has 1 aromatic rings. The van der Waals surface area contributed by atoms with E-state index in [9.17, 15) is 4.79 Å². The van der Waals surface area contributed by atoms with E-state index in [0.29, 0.717) is 5.69 Å². The van der Waals surface area contributed by atoms with Crippen molar-refractivity contribution in [2.75, 3.05) is 14.1 Å². The van der Waals surface area contributed by atoms with Gasteiger partial charge in [0.05, 0.1) is 12.0 Å². The zero-order valence-corrected chi connectivity index (χ0v) is 7.83. The molecule has 66 valence electrons. The summed E-state index contributed by atoms with van der Waals surface area (Å²) in [7, 11) is 5.28. The average Bonchev–Trinajstić information content (AvgIpc) is 2.30. The van der Waals surface area contributed by atoms with Gasteiger partial charge in [0.15, 0.2) is 0 Å². The molecule has 1 rings (SSSR count). The minimum atomic E-state index is -0.00694. The largest absolute Gasteiger partial charge is 0.343 e. The monoisotopic (exact) mass is 167 g/mol. The van der Waals surface area contributed by atoms with Crippen molar-refractivity contribution in [2.45, 2.75) is 6.92 Å². The Balaban J connectivity index is 3.09. The maximum Gasteiger partial charge on any atom is 0.271 e. The van der Waals surface area contributed by atoms with Crippen molar-refractivity contribution in [3.8, 4) is 0 Å². The molecule has 0 aromatic carbocycles. The Morgan fingerprint density at radius 2 is 2.17 bits per heavy atom. The number of carbonyl (C=O) groups is 1. The van der Waals surface area contributed by atoms with E-state index in [1.54, 1.807) is 29.9 Å². The van der Waals surface area contributed by atoms with E-state index in [1.807, 2.05) is 14.0 Å². The lowest BCUT2D eigenvalue weighted by molar-refractivity contribution is 0.0817. The summed E-state index contributed by atoms with van der Waals surface area (Å²) in [5.74, 6) is -0.00694. The second-order valence-electron chi connectivity index (χ2n) is 2.99. The van der Waals surface area contributed by atoms with E-state index in [2.05, 4.69) is 4.98 Å². The van der Waals surface area contributed by atoms with E-state index in [4.69, 9.17) is 0 Å². The van der Waals surface area contributed by atoms with Gasteiger partial charge in [-0.2, -0.15) is 0 Å². The third kappa shape index (κ3) is 1.32. The molecule has 1 aromatic heterocycles. The van der Waals surface area contributed by atoms with Crippen molar-refractivity contribution in [1.29, 1.82) is 0 Å². The number of hydrogen-bond acceptors (Lipinski definition) is 2. The Morgan fingerprint density at radius 1 is 1.58 bits per heavy atom. The van der Waals surface area contributed by atoms with Crippen LogP contribution in [0.25, 0.3) is 0 Å². The first-order chi connectivity index (χ1) is 5.54. The molecule has 0 aliphatic rings. The molecule has 0 aliphatic heterocycles. The first kappa shape index (κ1) is 8.77. The highest BCUT2D eigenvalue weighted by molar-refractivity contribution is 5.93. The summed E-state index contributed by atoms with van der Waals surface area (Å²) >= 11 is 0. The molecular weight excluding hydrogens is 154 g/mol. The number of carbonyl (C=O) groups excluding carboxylic acids is 1. The Morgan fingerprint density at radius 3 is 2.50 bits per heavy atom. The molecule has 1 heterocycles. The number of imidazole rings is 1. The van der Waals surface area contributed by atoms with Crippen LogP contribution in [0, 0.1) is 6.92 Å². The van der Waals surface area contributed by atoms with Crippen LogP contribution in [0.1, 0.15) is 16.2 Å². The van der Waals surface area contributed by atoms with Gasteiger partial charge >= 0.3 is 0 Å². The van der Waals surface area contributed by atoms with Gasteiger partial charge in [0.1, 0.15) is 5.69 Å². The Kier molecular flexibility index (Phi) is 2.17. The summed E-state index contributed by atoms with van der Waals surface area (Å²) in [5.41, 5.74) is 1.43. The Hall–Kier alpha value is -1.32. The molecule has 0 saturated heterocycles. The lowest BCUT2D eigenvalue weighted by Crippen LogP contribution is -2.24. The second-order valence-corrected chi connectivity index (χ2v) is 2.99. The zero-order valence-electron chi connectivity index (χ0n) is 7.83. The fraction of sp³-hybridized carbons (Fsp3) is 0.500. The van der Waals surface area contributed by atoms with Gasteiger partial charge in [-0.25, -0.2) is 4.98 Å². The SMILES string of the molecule is Cc1ncn(C)c1C(=O)N(C)C. The van der Waals surface area contributed by atoms with Gasteiger partial charge < -0.3 is 9.47 Å². The predicted molar refractivity (Wildman–Crippen MR) is 46.0 cm³/mol. The topological polar surface area (TPSA) is 38.1 Å². The standard InChI is InChI=1S/C8H13N3O/c1-6-7(8(12)10(2)3)11(4)5-9-6/h5H,1-4H3. The summed E-state index contributed by atoms with van der Waals surface area (Å²) in [4.78, 5) is 17.1. The molecule has 4 heteroatoms. The summed E-state index contributed by atoms with van der Waals surface area (Å²) in [6.45, 7) is 1.83. The molecule has 0 atom stereocenters. The lowest BCUT2D eigenvalue weighted by Gasteiger charge is -2.10. The fourth-order valence-electron chi connectivity index (χ4n) is 1.06. The van der Waals surface area contributed by atoms with Crippen LogP contribution in [-0.4, -0.2) is 34.5 Å². The molecular formula is C8H13N3O. The van der Waals surface area contributed by atoms with Crippen molar-refractivity contribution in [1.82, 2.24) is 14.5 Å². The van der Waals surface area contributed by atoms with Gasteiger partial charge in [-0.05, 0) is 6.92 Å². The summed E-state index contributed by atoms with van der Waals surface area (Å²) in [6.07, 6.45) is 1.64. The number of hydrogen-bond donors (Lipinski definition) is 0.